The summed E-state index contributed by atoms with van der Waals surface area (Å²) in [5, 5.41) is 1.52. The molecule has 0 aliphatic heterocycles. The number of benzene rings is 2. The van der Waals surface area contributed by atoms with E-state index in [4.69, 9.17) is 23.2 Å². The van der Waals surface area contributed by atoms with Crippen molar-refractivity contribution in [1.82, 2.24) is 0 Å². The standard InChI is InChI=1S/C23H22Cl2/c1-13-7-15-9-16(8-13)23(12-14(15)2)19-6-4-3-5-18(19)22-20(23)10-17(24)11-21(22)25/h3-6,10-13,15-16H,7-9H2,1-2H3. The second-order valence-corrected chi connectivity index (χ2v) is 9.16. The predicted octanol–water partition coefficient (Wildman–Crippen LogP) is 7.27. The third kappa shape index (κ3) is 2.07. The molecule has 0 nitrogen and oxygen atoms in total. The van der Waals surface area contributed by atoms with Gasteiger partial charge >= 0.3 is 0 Å². The van der Waals surface area contributed by atoms with Gasteiger partial charge in [0.2, 0.25) is 0 Å². The summed E-state index contributed by atoms with van der Waals surface area (Å²) in [6, 6.07) is 12.9. The Balaban J connectivity index is 1.88. The Labute approximate surface area is 159 Å². The van der Waals surface area contributed by atoms with Gasteiger partial charge in [-0.25, -0.2) is 0 Å². The summed E-state index contributed by atoms with van der Waals surface area (Å²) in [6.07, 6.45) is 6.46. The van der Waals surface area contributed by atoms with Crippen LogP contribution < -0.4 is 0 Å². The lowest BCUT2D eigenvalue weighted by molar-refractivity contribution is 0.168. The molecule has 0 saturated heterocycles. The summed E-state index contributed by atoms with van der Waals surface area (Å²) < 4.78 is 0. The molecule has 4 atom stereocenters. The highest BCUT2D eigenvalue weighted by Gasteiger charge is 2.52. The summed E-state index contributed by atoms with van der Waals surface area (Å²) in [5.41, 5.74) is 6.72. The van der Waals surface area contributed by atoms with E-state index in [1.807, 2.05) is 6.07 Å². The van der Waals surface area contributed by atoms with Crippen LogP contribution >= 0.6 is 23.2 Å². The zero-order valence-electron chi connectivity index (χ0n) is 14.7. The average molecular weight is 369 g/mol. The molecule has 1 spiro atoms. The van der Waals surface area contributed by atoms with Gasteiger partial charge in [-0.2, -0.15) is 0 Å². The maximum absolute atomic E-state index is 6.70. The van der Waals surface area contributed by atoms with Gasteiger partial charge in [-0.3, -0.25) is 0 Å². The fraction of sp³-hybridized carbons (Fsp3) is 0.391. The van der Waals surface area contributed by atoms with Crippen LogP contribution in [0.5, 0.6) is 0 Å². The molecule has 4 unspecified atom stereocenters. The van der Waals surface area contributed by atoms with Gasteiger partial charge in [-0.05, 0) is 72.8 Å². The molecule has 0 N–H and O–H groups in total. The molecule has 0 aromatic heterocycles. The molecule has 0 heterocycles. The van der Waals surface area contributed by atoms with Gasteiger partial charge in [0, 0.05) is 16.0 Å². The summed E-state index contributed by atoms with van der Waals surface area (Å²) in [4.78, 5) is 0. The van der Waals surface area contributed by atoms with E-state index in [9.17, 15) is 0 Å². The molecule has 0 radical (unpaired) electrons. The number of hydrogen-bond acceptors (Lipinski definition) is 0. The van der Waals surface area contributed by atoms with Crippen molar-refractivity contribution < 1.29 is 0 Å². The number of halogens is 2. The van der Waals surface area contributed by atoms with E-state index in [0.717, 1.165) is 21.9 Å². The van der Waals surface area contributed by atoms with Crippen molar-refractivity contribution in [3.8, 4) is 11.1 Å². The molecular weight excluding hydrogens is 347 g/mol. The zero-order chi connectivity index (χ0) is 17.3. The van der Waals surface area contributed by atoms with Crippen molar-refractivity contribution >= 4 is 23.2 Å². The van der Waals surface area contributed by atoms with E-state index in [1.54, 1.807) is 5.57 Å². The first-order valence-corrected chi connectivity index (χ1v) is 10.0. The Morgan fingerprint density at radius 1 is 1.00 bits per heavy atom. The number of rotatable bonds is 0. The maximum Gasteiger partial charge on any atom is 0.0502 e. The minimum absolute atomic E-state index is 0.0598. The number of hydrogen-bond donors (Lipinski definition) is 0. The van der Waals surface area contributed by atoms with E-state index in [-0.39, 0.29) is 5.41 Å². The summed E-state index contributed by atoms with van der Waals surface area (Å²) in [6.45, 7) is 4.74. The van der Waals surface area contributed by atoms with Crippen LogP contribution in [0.1, 0.15) is 44.2 Å². The quantitative estimate of drug-likeness (QED) is 0.428. The number of allylic oxidation sites excluding steroid dienone is 2. The van der Waals surface area contributed by atoms with E-state index in [2.05, 4.69) is 50.3 Å². The molecule has 2 aromatic rings. The first-order valence-electron chi connectivity index (χ1n) is 9.29. The van der Waals surface area contributed by atoms with E-state index < -0.39 is 0 Å². The molecule has 25 heavy (non-hydrogen) atoms. The van der Waals surface area contributed by atoms with Crippen LogP contribution in [0.15, 0.2) is 48.0 Å². The summed E-state index contributed by atoms with van der Waals surface area (Å²) in [5.74, 6) is 2.14. The van der Waals surface area contributed by atoms with E-state index >= 15 is 0 Å². The monoisotopic (exact) mass is 368 g/mol. The predicted molar refractivity (Wildman–Crippen MR) is 106 cm³/mol. The van der Waals surface area contributed by atoms with Gasteiger partial charge in [0.1, 0.15) is 0 Å². The molecule has 2 heteroatoms. The van der Waals surface area contributed by atoms with Crippen molar-refractivity contribution in [2.75, 3.05) is 0 Å². The van der Waals surface area contributed by atoms with Gasteiger partial charge in [0.15, 0.2) is 0 Å². The normalized spacial score (nSPS) is 32.3. The summed E-state index contributed by atoms with van der Waals surface area (Å²) in [7, 11) is 0. The highest BCUT2D eigenvalue weighted by Crippen LogP contribution is 2.62. The van der Waals surface area contributed by atoms with Crippen molar-refractivity contribution in [1.29, 1.82) is 0 Å². The Morgan fingerprint density at radius 2 is 1.80 bits per heavy atom. The largest absolute Gasteiger partial charge is 0.0843 e. The lowest BCUT2D eigenvalue weighted by Crippen LogP contribution is -2.42. The van der Waals surface area contributed by atoms with Crippen LogP contribution in [0.2, 0.25) is 10.0 Å². The fourth-order valence-electron chi connectivity index (χ4n) is 5.92. The van der Waals surface area contributed by atoms with E-state index in [1.165, 1.54) is 41.5 Å². The fourth-order valence-corrected chi connectivity index (χ4v) is 6.51. The molecule has 128 valence electrons. The van der Waals surface area contributed by atoms with Crippen LogP contribution in [0.4, 0.5) is 0 Å². The molecule has 2 bridgehead atoms. The molecule has 3 aliphatic carbocycles. The van der Waals surface area contributed by atoms with Crippen molar-refractivity contribution in [3.63, 3.8) is 0 Å². The van der Waals surface area contributed by atoms with Gasteiger partial charge in [0.05, 0.1) is 5.02 Å². The average Bonchev–Trinajstić information content (AvgIpc) is 2.84. The maximum atomic E-state index is 6.70. The van der Waals surface area contributed by atoms with Crippen molar-refractivity contribution in [2.45, 2.75) is 38.5 Å². The lowest BCUT2D eigenvalue weighted by Gasteiger charge is -2.49. The smallest absolute Gasteiger partial charge is 0.0502 e. The second-order valence-electron chi connectivity index (χ2n) is 8.32. The second kappa shape index (κ2) is 5.38. The van der Waals surface area contributed by atoms with Gasteiger partial charge in [-0.1, -0.05) is 66.0 Å². The molecular formula is C23H22Cl2. The first-order chi connectivity index (χ1) is 12.0. The van der Waals surface area contributed by atoms with E-state index in [0.29, 0.717) is 5.92 Å². The highest BCUT2D eigenvalue weighted by atomic mass is 35.5. The Hall–Kier alpha value is -1.24. The highest BCUT2D eigenvalue weighted by molar-refractivity contribution is 6.37. The third-order valence-electron chi connectivity index (χ3n) is 6.83. The summed E-state index contributed by atoms with van der Waals surface area (Å²) >= 11 is 13.2. The molecule has 3 aliphatic rings. The Bertz CT molecular complexity index is 910. The third-order valence-corrected chi connectivity index (χ3v) is 7.35. The van der Waals surface area contributed by atoms with Crippen LogP contribution in [-0.4, -0.2) is 0 Å². The first kappa shape index (κ1) is 16.0. The zero-order valence-corrected chi connectivity index (χ0v) is 16.2. The van der Waals surface area contributed by atoms with Crippen LogP contribution in [0, 0.1) is 17.8 Å². The van der Waals surface area contributed by atoms with Crippen molar-refractivity contribution in [2.24, 2.45) is 17.8 Å². The topological polar surface area (TPSA) is 0 Å². The Kier molecular flexibility index (Phi) is 3.44. The molecule has 5 rings (SSSR count). The molecule has 2 aromatic carbocycles. The minimum Gasteiger partial charge on any atom is -0.0843 e. The minimum atomic E-state index is -0.0598. The van der Waals surface area contributed by atoms with Gasteiger partial charge in [0.25, 0.3) is 0 Å². The molecule has 0 amide bonds. The SMILES string of the molecule is CC1=CC2(c3ccccc3-c3c(Cl)cc(Cl)cc32)C2CC(C)CC1C2. The van der Waals surface area contributed by atoms with Gasteiger partial charge in [-0.15, -0.1) is 0 Å². The van der Waals surface area contributed by atoms with Gasteiger partial charge < -0.3 is 0 Å². The molecule has 1 fully saturated rings. The Morgan fingerprint density at radius 3 is 2.64 bits per heavy atom. The van der Waals surface area contributed by atoms with Crippen molar-refractivity contribution in [3.05, 3.63) is 69.2 Å². The van der Waals surface area contributed by atoms with Crippen LogP contribution in [0.25, 0.3) is 11.1 Å². The van der Waals surface area contributed by atoms with Crippen LogP contribution in [-0.2, 0) is 5.41 Å². The molecule has 1 saturated carbocycles. The van der Waals surface area contributed by atoms with Crippen LogP contribution in [0.3, 0.4) is 0 Å². The lowest BCUT2D eigenvalue weighted by atomic mass is 9.55. The number of fused-ring (bicyclic) bond motifs is 8.